The smallest absolute Gasteiger partial charge is 0.227 e. The van der Waals surface area contributed by atoms with Crippen molar-refractivity contribution in [3.8, 4) is 56.7 Å². The molecule has 0 aliphatic rings. The van der Waals surface area contributed by atoms with Crippen molar-refractivity contribution in [3.63, 3.8) is 0 Å². The molecule has 0 saturated carbocycles. The van der Waals surface area contributed by atoms with Crippen molar-refractivity contribution in [2.75, 3.05) is 0 Å². The van der Waals surface area contributed by atoms with Crippen LogP contribution in [0.3, 0.4) is 0 Å². The Morgan fingerprint density at radius 2 is 1.02 bits per heavy atom. The summed E-state index contributed by atoms with van der Waals surface area (Å²) in [5.74, 6) is 2.42. The largest absolute Gasteiger partial charge is 0.456 e. The zero-order valence-corrected chi connectivity index (χ0v) is 26.6. The fourth-order valence-corrected chi connectivity index (χ4v) is 6.67. The fourth-order valence-electron chi connectivity index (χ4n) is 6.67. The van der Waals surface area contributed by atoms with Crippen LogP contribution in [-0.4, -0.2) is 19.9 Å². The van der Waals surface area contributed by atoms with Gasteiger partial charge in [0.1, 0.15) is 16.7 Å². The number of furan rings is 1. The van der Waals surface area contributed by atoms with Crippen LogP contribution in [0.5, 0.6) is 0 Å². The summed E-state index contributed by atoms with van der Waals surface area (Å²) in [6.07, 6.45) is 0. The molecule has 0 aliphatic heterocycles. The molecule has 3 aromatic heterocycles. The molecule has 3 heterocycles. The molecule has 0 radical (unpaired) electrons. The van der Waals surface area contributed by atoms with Crippen molar-refractivity contribution in [3.05, 3.63) is 158 Å². The Bertz CT molecular complexity index is 2820. The Labute approximate surface area is 286 Å². The van der Waals surface area contributed by atoms with Gasteiger partial charge in [-0.05, 0) is 64.4 Å². The van der Waals surface area contributed by atoms with Crippen molar-refractivity contribution < 1.29 is 8.83 Å². The van der Waals surface area contributed by atoms with Gasteiger partial charge in [0.15, 0.2) is 23.1 Å². The van der Waals surface area contributed by atoms with E-state index in [0.717, 1.165) is 71.8 Å². The van der Waals surface area contributed by atoms with Crippen LogP contribution in [0, 0.1) is 0 Å². The third-order valence-electron chi connectivity index (χ3n) is 9.15. The Morgan fingerprint density at radius 1 is 0.360 bits per heavy atom. The molecule has 0 atom stereocenters. The van der Waals surface area contributed by atoms with Gasteiger partial charge in [-0.15, -0.1) is 0 Å². The first kappa shape index (κ1) is 28.1. The fraction of sp³-hybridized carbons (Fsp3) is 0. The summed E-state index contributed by atoms with van der Waals surface area (Å²) >= 11 is 0. The number of aromatic nitrogens is 4. The van der Waals surface area contributed by atoms with Crippen LogP contribution in [0.2, 0.25) is 0 Å². The van der Waals surface area contributed by atoms with E-state index in [1.165, 1.54) is 5.39 Å². The highest BCUT2D eigenvalue weighted by Gasteiger charge is 2.19. The van der Waals surface area contributed by atoms with Crippen LogP contribution in [0.1, 0.15) is 0 Å². The Hall–Kier alpha value is -6.92. The van der Waals surface area contributed by atoms with Gasteiger partial charge < -0.3 is 8.83 Å². The van der Waals surface area contributed by atoms with Crippen molar-refractivity contribution in [2.45, 2.75) is 0 Å². The summed E-state index contributed by atoms with van der Waals surface area (Å²) in [4.78, 5) is 19.7. The third kappa shape index (κ3) is 4.81. The zero-order valence-electron chi connectivity index (χ0n) is 26.6. The van der Waals surface area contributed by atoms with E-state index in [1.807, 2.05) is 97.1 Å². The molecule has 0 N–H and O–H groups in total. The third-order valence-corrected chi connectivity index (χ3v) is 9.15. The van der Waals surface area contributed by atoms with E-state index < -0.39 is 0 Å². The van der Waals surface area contributed by atoms with Gasteiger partial charge in [-0.2, -0.15) is 0 Å². The summed E-state index contributed by atoms with van der Waals surface area (Å²) in [6, 6.07) is 53.1. The van der Waals surface area contributed by atoms with Gasteiger partial charge in [0.25, 0.3) is 0 Å². The van der Waals surface area contributed by atoms with Gasteiger partial charge >= 0.3 is 0 Å². The van der Waals surface area contributed by atoms with Gasteiger partial charge in [0.05, 0.1) is 0 Å². The molecule has 50 heavy (non-hydrogen) atoms. The minimum absolute atomic E-state index is 0.584. The number of benzene rings is 7. The highest BCUT2D eigenvalue weighted by molar-refractivity contribution is 6.13. The lowest BCUT2D eigenvalue weighted by Gasteiger charge is -2.09. The number of hydrogen-bond donors (Lipinski definition) is 0. The van der Waals surface area contributed by atoms with Gasteiger partial charge in [0, 0.05) is 33.0 Å². The zero-order chi connectivity index (χ0) is 33.0. The SMILES string of the molecule is c1ccc(-c2nc(-c3ccccc3)nc(-c3cccc4oc5ccc(-c6ccc7nc(-c8ccc9ccccc9c8)oc7c6)cc5c34)n2)cc1. The first-order valence-electron chi connectivity index (χ1n) is 16.5. The minimum atomic E-state index is 0.584. The molecular weight excluding hydrogens is 617 g/mol. The molecule has 0 saturated heterocycles. The minimum Gasteiger partial charge on any atom is -0.456 e. The molecule has 0 fully saturated rings. The number of rotatable bonds is 5. The van der Waals surface area contributed by atoms with Crippen molar-refractivity contribution in [1.82, 2.24) is 19.9 Å². The van der Waals surface area contributed by atoms with Crippen molar-refractivity contribution >= 4 is 43.8 Å². The number of oxazole rings is 1. The molecule has 0 bridgehead atoms. The molecule has 0 amide bonds. The average Bonchev–Trinajstić information content (AvgIpc) is 3.79. The highest BCUT2D eigenvalue weighted by atomic mass is 16.3. The van der Waals surface area contributed by atoms with Gasteiger partial charge in [0.2, 0.25) is 5.89 Å². The molecule has 0 spiro atoms. The predicted octanol–water partition coefficient (Wildman–Crippen LogP) is 11.4. The van der Waals surface area contributed by atoms with Crippen LogP contribution in [0.15, 0.2) is 167 Å². The lowest BCUT2D eigenvalue weighted by atomic mass is 10.0. The van der Waals surface area contributed by atoms with Crippen molar-refractivity contribution in [1.29, 1.82) is 0 Å². The molecule has 7 aromatic carbocycles. The summed E-state index contributed by atoms with van der Waals surface area (Å²) in [5, 5.41) is 4.26. The Balaban J connectivity index is 1.10. The standard InChI is InChI=1S/C44H26N4O2/c1-3-11-28(12-4-1)41-46-42(29-13-5-2-6-14-29)48-43(47-41)34-16-9-17-38-40(34)35-25-31(21-23-37(35)49-38)32-20-22-36-39(26-32)50-44(45-36)33-19-18-27-10-7-8-15-30(27)24-33/h1-26H. The molecule has 6 nitrogen and oxygen atoms in total. The van der Waals surface area contributed by atoms with Crippen LogP contribution in [0.25, 0.3) is 101 Å². The molecule has 10 aromatic rings. The Kier molecular flexibility index (Phi) is 6.39. The Morgan fingerprint density at radius 3 is 1.80 bits per heavy atom. The molecule has 234 valence electrons. The summed E-state index contributed by atoms with van der Waals surface area (Å²) in [6.45, 7) is 0. The van der Waals surface area contributed by atoms with E-state index >= 15 is 0 Å². The molecule has 10 rings (SSSR count). The van der Waals surface area contributed by atoms with Crippen LogP contribution >= 0.6 is 0 Å². The van der Waals surface area contributed by atoms with E-state index in [0.29, 0.717) is 23.4 Å². The second kappa shape index (κ2) is 11.4. The van der Waals surface area contributed by atoms with Gasteiger partial charge in [-0.3, -0.25) is 0 Å². The highest BCUT2D eigenvalue weighted by Crippen LogP contribution is 2.39. The number of nitrogens with zero attached hydrogens (tertiary/aromatic N) is 4. The second-order valence-electron chi connectivity index (χ2n) is 12.3. The molecule has 6 heteroatoms. The van der Waals surface area contributed by atoms with E-state index in [1.54, 1.807) is 0 Å². The topological polar surface area (TPSA) is 77.8 Å². The van der Waals surface area contributed by atoms with Gasteiger partial charge in [-0.1, -0.05) is 115 Å². The van der Waals surface area contributed by atoms with E-state index in [9.17, 15) is 0 Å². The number of hydrogen-bond acceptors (Lipinski definition) is 6. The lowest BCUT2D eigenvalue weighted by molar-refractivity contribution is 0.620. The first-order chi connectivity index (χ1) is 24.7. The summed E-state index contributed by atoms with van der Waals surface area (Å²) in [5.41, 5.74) is 8.82. The van der Waals surface area contributed by atoms with Gasteiger partial charge in [-0.25, -0.2) is 19.9 Å². The van der Waals surface area contributed by atoms with E-state index in [4.69, 9.17) is 28.8 Å². The number of fused-ring (bicyclic) bond motifs is 5. The maximum atomic E-state index is 6.39. The van der Waals surface area contributed by atoms with Crippen LogP contribution < -0.4 is 0 Å². The monoisotopic (exact) mass is 642 g/mol. The van der Waals surface area contributed by atoms with Crippen LogP contribution in [-0.2, 0) is 0 Å². The van der Waals surface area contributed by atoms with Crippen LogP contribution in [0.4, 0.5) is 0 Å². The average molecular weight is 643 g/mol. The normalized spacial score (nSPS) is 11.6. The lowest BCUT2D eigenvalue weighted by Crippen LogP contribution is -2.00. The van der Waals surface area contributed by atoms with E-state index in [-0.39, 0.29) is 0 Å². The summed E-state index contributed by atoms with van der Waals surface area (Å²) < 4.78 is 12.7. The van der Waals surface area contributed by atoms with Crippen molar-refractivity contribution in [2.24, 2.45) is 0 Å². The summed E-state index contributed by atoms with van der Waals surface area (Å²) in [7, 11) is 0. The quantitative estimate of drug-likeness (QED) is 0.186. The molecule has 0 aliphatic carbocycles. The van der Waals surface area contributed by atoms with E-state index in [2.05, 4.69) is 60.7 Å². The maximum absolute atomic E-state index is 6.39. The molecular formula is C44H26N4O2. The maximum Gasteiger partial charge on any atom is 0.227 e. The first-order valence-corrected chi connectivity index (χ1v) is 16.5. The molecule has 0 unspecified atom stereocenters. The second-order valence-corrected chi connectivity index (χ2v) is 12.3. The predicted molar refractivity (Wildman–Crippen MR) is 199 cm³/mol.